The molecular weight excluding hydrogens is 96.1 g/mol. The van der Waals surface area contributed by atoms with E-state index in [4.69, 9.17) is 0 Å². The van der Waals surface area contributed by atoms with E-state index < -0.39 is 0 Å². The van der Waals surface area contributed by atoms with E-state index in [2.05, 4.69) is 18.7 Å². The summed E-state index contributed by atoms with van der Waals surface area (Å²) in [6, 6.07) is 0. The van der Waals surface area contributed by atoms with Gasteiger partial charge in [-0.2, -0.15) is 0 Å². The van der Waals surface area contributed by atoms with Gasteiger partial charge < -0.3 is 0 Å². The molecule has 1 fully saturated rings. The van der Waals surface area contributed by atoms with E-state index in [-0.39, 0.29) is 0 Å². The molecule has 0 nitrogen and oxygen atoms in total. The van der Waals surface area contributed by atoms with Crippen molar-refractivity contribution in [2.75, 3.05) is 0 Å². The minimum atomic E-state index is 0.895. The maximum absolute atomic E-state index is 3.77. The lowest BCUT2D eigenvalue weighted by Gasteiger charge is -1.81. The van der Waals surface area contributed by atoms with Gasteiger partial charge >= 0.3 is 0 Å². The molecule has 0 aromatic heterocycles. The normalized spacial score (nSPS) is 19.6. The molecule has 0 N–H and O–H groups in total. The molecule has 1 rings (SSSR count). The molecular formula is C8H12. The van der Waals surface area contributed by atoms with Crippen molar-refractivity contribution in [1.29, 1.82) is 0 Å². The summed E-state index contributed by atoms with van der Waals surface area (Å²) in [5, 5.41) is 0. The van der Waals surface area contributed by atoms with Gasteiger partial charge in [0, 0.05) is 0 Å². The lowest BCUT2D eigenvalue weighted by Crippen LogP contribution is -1.63. The van der Waals surface area contributed by atoms with Gasteiger partial charge in [-0.1, -0.05) is 24.3 Å². The summed E-state index contributed by atoms with van der Waals surface area (Å²) in [4.78, 5) is 0. The van der Waals surface area contributed by atoms with Gasteiger partial charge in [0.25, 0.3) is 0 Å². The predicted molar refractivity (Wildman–Crippen MR) is 36.7 cm³/mol. The Kier molecular flexibility index (Phi) is 1.52. The predicted octanol–water partition coefficient (Wildman–Crippen LogP) is 2.53. The highest BCUT2D eigenvalue weighted by Gasteiger charge is 2.16. The van der Waals surface area contributed by atoms with Crippen molar-refractivity contribution in [3.63, 3.8) is 0 Å². The Balaban J connectivity index is 2.23. The zero-order chi connectivity index (χ0) is 5.98. The molecule has 0 aromatic rings. The highest BCUT2D eigenvalue weighted by Crippen LogP contribution is 2.30. The van der Waals surface area contributed by atoms with E-state index in [0.717, 1.165) is 11.5 Å². The average Bonchev–Trinajstić information content (AvgIpc) is 2.41. The molecule has 0 heterocycles. The lowest BCUT2D eigenvalue weighted by atomic mass is 10.3. The average molecular weight is 108 g/mol. The fourth-order valence-corrected chi connectivity index (χ4v) is 0.589. The van der Waals surface area contributed by atoms with Crippen LogP contribution in [0.25, 0.3) is 0 Å². The minimum Gasteiger partial charge on any atom is -0.0961 e. The molecule has 0 heteroatoms. The molecule has 0 aliphatic heterocycles. The molecule has 1 saturated carbocycles. The van der Waals surface area contributed by atoms with Crippen LogP contribution in [0.4, 0.5) is 0 Å². The highest BCUT2D eigenvalue weighted by atomic mass is 14.2. The third-order valence-corrected chi connectivity index (χ3v) is 1.27. The molecule has 0 atom stereocenters. The molecule has 44 valence electrons. The molecule has 0 bridgehead atoms. The van der Waals surface area contributed by atoms with Crippen molar-refractivity contribution in [1.82, 2.24) is 0 Å². The fourth-order valence-electron chi connectivity index (χ4n) is 0.589. The summed E-state index contributed by atoms with van der Waals surface area (Å²) < 4.78 is 0. The van der Waals surface area contributed by atoms with Gasteiger partial charge in [0.05, 0.1) is 0 Å². The molecule has 0 radical (unpaired) electrons. The second-order valence-electron chi connectivity index (χ2n) is 2.54. The van der Waals surface area contributed by atoms with Gasteiger partial charge in [-0.15, -0.1) is 0 Å². The first kappa shape index (κ1) is 5.61. The summed E-state index contributed by atoms with van der Waals surface area (Å²) >= 11 is 0. The molecule has 0 spiro atoms. The SMILES string of the molecule is C=C(C)C=CC1CC1. The van der Waals surface area contributed by atoms with Crippen LogP contribution < -0.4 is 0 Å². The zero-order valence-corrected chi connectivity index (χ0v) is 5.35. The van der Waals surface area contributed by atoms with E-state index in [1.807, 2.05) is 6.92 Å². The van der Waals surface area contributed by atoms with Crippen LogP contribution in [0.2, 0.25) is 0 Å². The van der Waals surface area contributed by atoms with Gasteiger partial charge in [0.1, 0.15) is 0 Å². The number of hydrogen-bond donors (Lipinski definition) is 0. The Labute approximate surface area is 50.9 Å². The Morgan fingerprint density at radius 1 is 1.62 bits per heavy atom. The van der Waals surface area contributed by atoms with Crippen molar-refractivity contribution < 1.29 is 0 Å². The maximum Gasteiger partial charge on any atom is -0.0230 e. The number of rotatable bonds is 2. The minimum absolute atomic E-state index is 0.895. The van der Waals surface area contributed by atoms with Crippen LogP contribution in [0.5, 0.6) is 0 Å². The van der Waals surface area contributed by atoms with Crippen molar-refractivity contribution in [3.8, 4) is 0 Å². The Morgan fingerprint density at radius 2 is 2.25 bits per heavy atom. The summed E-state index contributed by atoms with van der Waals surface area (Å²) in [6.07, 6.45) is 7.15. The second kappa shape index (κ2) is 2.17. The smallest absolute Gasteiger partial charge is 0.0230 e. The summed E-state index contributed by atoms with van der Waals surface area (Å²) in [5.74, 6) is 0.895. The first-order valence-corrected chi connectivity index (χ1v) is 3.13. The van der Waals surface area contributed by atoms with Crippen molar-refractivity contribution >= 4 is 0 Å². The molecule has 0 amide bonds. The van der Waals surface area contributed by atoms with Crippen LogP contribution in [-0.2, 0) is 0 Å². The highest BCUT2D eigenvalue weighted by molar-refractivity contribution is 5.13. The molecule has 0 aromatic carbocycles. The van der Waals surface area contributed by atoms with Gasteiger partial charge in [-0.05, 0) is 25.7 Å². The van der Waals surface area contributed by atoms with Crippen molar-refractivity contribution in [3.05, 3.63) is 24.3 Å². The van der Waals surface area contributed by atoms with Gasteiger partial charge in [-0.25, -0.2) is 0 Å². The van der Waals surface area contributed by atoms with Crippen LogP contribution in [0.3, 0.4) is 0 Å². The second-order valence-corrected chi connectivity index (χ2v) is 2.54. The molecule has 1 aliphatic rings. The lowest BCUT2D eigenvalue weighted by molar-refractivity contribution is 1.12. The topological polar surface area (TPSA) is 0 Å². The Morgan fingerprint density at radius 3 is 2.62 bits per heavy atom. The van der Waals surface area contributed by atoms with E-state index in [9.17, 15) is 0 Å². The quantitative estimate of drug-likeness (QED) is 0.477. The largest absolute Gasteiger partial charge is 0.0961 e. The maximum atomic E-state index is 3.77. The summed E-state index contributed by atoms with van der Waals surface area (Å²) in [5.41, 5.74) is 1.16. The number of allylic oxidation sites excluding steroid dienone is 3. The Bertz CT molecular complexity index is 116. The summed E-state index contributed by atoms with van der Waals surface area (Å²) in [7, 11) is 0. The van der Waals surface area contributed by atoms with Crippen LogP contribution >= 0.6 is 0 Å². The zero-order valence-electron chi connectivity index (χ0n) is 5.35. The molecule has 1 aliphatic carbocycles. The Hall–Kier alpha value is -0.520. The number of hydrogen-bond acceptors (Lipinski definition) is 0. The van der Waals surface area contributed by atoms with Gasteiger partial charge in [-0.3, -0.25) is 0 Å². The third-order valence-electron chi connectivity index (χ3n) is 1.27. The van der Waals surface area contributed by atoms with E-state index in [1.165, 1.54) is 12.8 Å². The first-order valence-electron chi connectivity index (χ1n) is 3.13. The fraction of sp³-hybridized carbons (Fsp3) is 0.500. The van der Waals surface area contributed by atoms with Crippen LogP contribution in [0.1, 0.15) is 19.8 Å². The standard InChI is InChI=1S/C8H12/c1-7(2)3-4-8-5-6-8/h3-4,8H,1,5-6H2,2H3. The van der Waals surface area contributed by atoms with Crippen LogP contribution in [-0.4, -0.2) is 0 Å². The third kappa shape index (κ3) is 1.97. The molecule has 0 unspecified atom stereocenters. The molecule has 8 heavy (non-hydrogen) atoms. The van der Waals surface area contributed by atoms with Crippen molar-refractivity contribution in [2.45, 2.75) is 19.8 Å². The van der Waals surface area contributed by atoms with Gasteiger partial charge in [0.2, 0.25) is 0 Å². The van der Waals surface area contributed by atoms with E-state index in [0.29, 0.717) is 0 Å². The first-order chi connectivity index (χ1) is 3.79. The monoisotopic (exact) mass is 108 g/mol. The molecule has 0 saturated heterocycles. The van der Waals surface area contributed by atoms with Crippen molar-refractivity contribution in [2.24, 2.45) is 5.92 Å². The van der Waals surface area contributed by atoms with Gasteiger partial charge in [0.15, 0.2) is 0 Å². The summed E-state index contributed by atoms with van der Waals surface area (Å²) in [6.45, 7) is 5.79. The van der Waals surface area contributed by atoms with E-state index >= 15 is 0 Å². The van der Waals surface area contributed by atoms with E-state index in [1.54, 1.807) is 0 Å². The van der Waals surface area contributed by atoms with Crippen LogP contribution in [0.15, 0.2) is 24.3 Å². The van der Waals surface area contributed by atoms with Crippen LogP contribution in [0, 0.1) is 5.92 Å².